The van der Waals surface area contributed by atoms with Crippen LogP contribution in [0.1, 0.15) is 76.8 Å². The van der Waals surface area contributed by atoms with E-state index in [0.717, 1.165) is 30.4 Å². The Morgan fingerprint density at radius 1 is 1.04 bits per heavy atom. The van der Waals surface area contributed by atoms with Gasteiger partial charge in [-0.05, 0) is 76.1 Å². The molecule has 0 bridgehead atoms. The van der Waals surface area contributed by atoms with Gasteiger partial charge in [-0.1, -0.05) is 25.0 Å². The number of allylic oxidation sites excluding steroid dienone is 1. The number of aliphatic carboxylic acids is 1. The number of methoxy groups -OCH3 is 2. The number of carboxylic acid groups (broad SMARTS) is 1. The standard InChI is InChI=1S/C35H48N4O10/c1-34(2,3)49-32(44)36-25-12-10-8-6-7-9-11-23-18-35(23,31(42)43)37-29(40)26-17-24(20-39(26)30(25)41)48-33(45)38-14-13-21-15-27(46-4)28(47-5)16-22(21)19-38/h9,11,15-16,23-26H,6-8,10,12-14,17-20H2,1-5H3,(H,36,44)(H,37,40)(H,42,43)/b11-9+/t23-,24-,25+,26+,35-/m1/s1. The molecule has 2 fully saturated rings. The van der Waals surface area contributed by atoms with E-state index in [1.165, 1.54) is 4.90 Å². The van der Waals surface area contributed by atoms with Crippen molar-refractivity contribution in [1.29, 1.82) is 0 Å². The van der Waals surface area contributed by atoms with Crippen LogP contribution in [0.4, 0.5) is 9.59 Å². The van der Waals surface area contributed by atoms with Crippen LogP contribution in [0.2, 0.25) is 0 Å². The number of ether oxygens (including phenoxy) is 4. The molecule has 49 heavy (non-hydrogen) atoms. The van der Waals surface area contributed by atoms with Gasteiger partial charge in [0.1, 0.15) is 29.3 Å². The molecule has 1 saturated heterocycles. The van der Waals surface area contributed by atoms with E-state index in [2.05, 4.69) is 10.6 Å². The van der Waals surface area contributed by atoms with Crippen LogP contribution in [0.15, 0.2) is 24.3 Å². The van der Waals surface area contributed by atoms with Crippen LogP contribution >= 0.6 is 0 Å². The highest BCUT2D eigenvalue weighted by atomic mass is 16.6. The Hall–Kier alpha value is -4.49. The summed E-state index contributed by atoms with van der Waals surface area (Å²) in [6.07, 6.45) is 5.57. The molecule has 1 aromatic carbocycles. The summed E-state index contributed by atoms with van der Waals surface area (Å²) < 4.78 is 22.2. The average Bonchev–Trinajstić information content (AvgIpc) is 3.58. The summed E-state index contributed by atoms with van der Waals surface area (Å²) in [4.78, 5) is 69.6. The lowest BCUT2D eigenvalue weighted by molar-refractivity contribution is -0.145. The molecule has 1 saturated carbocycles. The lowest BCUT2D eigenvalue weighted by atomic mass is 9.99. The quantitative estimate of drug-likeness (QED) is 0.390. The summed E-state index contributed by atoms with van der Waals surface area (Å²) in [5.41, 5.74) is -0.360. The maximum Gasteiger partial charge on any atom is 0.410 e. The van der Waals surface area contributed by atoms with Crippen LogP contribution in [0.3, 0.4) is 0 Å². The van der Waals surface area contributed by atoms with E-state index in [1.54, 1.807) is 39.9 Å². The third-order valence-electron chi connectivity index (χ3n) is 9.56. The van der Waals surface area contributed by atoms with E-state index >= 15 is 0 Å². The van der Waals surface area contributed by atoms with Crippen molar-refractivity contribution >= 4 is 30.0 Å². The topological polar surface area (TPSA) is 173 Å². The lowest BCUT2D eigenvalue weighted by Gasteiger charge is -2.30. The molecular formula is C35H48N4O10. The summed E-state index contributed by atoms with van der Waals surface area (Å²) in [7, 11) is 3.11. The second kappa shape index (κ2) is 14.6. The van der Waals surface area contributed by atoms with Gasteiger partial charge in [-0.2, -0.15) is 0 Å². The number of hydrogen-bond donors (Lipinski definition) is 3. The van der Waals surface area contributed by atoms with Gasteiger partial charge >= 0.3 is 18.2 Å². The van der Waals surface area contributed by atoms with Gasteiger partial charge in [0.05, 0.1) is 20.8 Å². The second-order valence-electron chi connectivity index (χ2n) is 14.2. The average molecular weight is 685 g/mol. The Morgan fingerprint density at radius 2 is 1.76 bits per heavy atom. The fourth-order valence-electron chi connectivity index (χ4n) is 6.85. The van der Waals surface area contributed by atoms with E-state index < -0.39 is 59.3 Å². The number of nitrogens with one attached hydrogen (secondary N) is 2. The molecule has 4 aliphatic rings. The fraction of sp³-hybridized carbons (Fsp3) is 0.629. The molecular weight excluding hydrogens is 636 g/mol. The van der Waals surface area contributed by atoms with Crippen LogP contribution in [0, 0.1) is 5.92 Å². The number of alkyl carbamates (subject to hydrolysis) is 1. The third-order valence-corrected chi connectivity index (χ3v) is 9.56. The molecule has 14 nitrogen and oxygen atoms in total. The maximum atomic E-state index is 14.2. The first-order valence-corrected chi connectivity index (χ1v) is 17.0. The summed E-state index contributed by atoms with van der Waals surface area (Å²) in [6.45, 7) is 5.71. The first-order valence-electron chi connectivity index (χ1n) is 17.0. The van der Waals surface area contributed by atoms with Gasteiger partial charge < -0.3 is 44.5 Å². The van der Waals surface area contributed by atoms with Crippen molar-refractivity contribution in [1.82, 2.24) is 20.4 Å². The van der Waals surface area contributed by atoms with E-state index in [4.69, 9.17) is 18.9 Å². The summed E-state index contributed by atoms with van der Waals surface area (Å²) in [6, 6.07) is 1.60. The van der Waals surface area contributed by atoms with Gasteiger partial charge in [-0.15, -0.1) is 0 Å². The number of carboxylic acids is 1. The molecule has 5 atom stereocenters. The van der Waals surface area contributed by atoms with Gasteiger partial charge in [-0.3, -0.25) is 9.59 Å². The van der Waals surface area contributed by atoms with E-state index in [1.807, 2.05) is 24.3 Å². The predicted molar refractivity (Wildman–Crippen MR) is 176 cm³/mol. The molecule has 0 spiro atoms. The number of amides is 4. The highest BCUT2D eigenvalue weighted by Gasteiger charge is 2.61. The van der Waals surface area contributed by atoms with Gasteiger partial charge in [0.25, 0.3) is 0 Å². The van der Waals surface area contributed by atoms with Crippen LogP contribution in [-0.4, -0.2) is 102 Å². The molecule has 0 unspecified atom stereocenters. The van der Waals surface area contributed by atoms with Crippen molar-refractivity contribution in [3.8, 4) is 11.5 Å². The van der Waals surface area contributed by atoms with Crippen LogP contribution in [0.5, 0.6) is 11.5 Å². The Bertz CT molecular complexity index is 1490. The molecule has 3 N–H and O–H groups in total. The van der Waals surface area contributed by atoms with Crippen molar-refractivity contribution in [3.05, 3.63) is 35.4 Å². The molecule has 0 aromatic heterocycles. The summed E-state index contributed by atoms with van der Waals surface area (Å²) >= 11 is 0. The normalized spacial score (nSPS) is 27.9. The van der Waals surface area contributed by atoms with Gasteiger partial charge in [0.15, 0.2) is 11.5 Å². The van der Waals surface area contributed by atoms with Gasteiger partial charge in [0.2, 0.25) is 11.8 Å². The van der Waals surface area contributed by atoms with E-state index in [-0.39, 0.29) is 31.8 Å². The molecule has 4 amide bonds. The molecule has 1 aliphatic carbocycles. The zero-order chi connectivity index (χ0) is 35.5. The predicted octanol–water partition coefficient (Wildman–Crippen LogP) is 3.54. The van der Waals surface area contributed by atoms with Gasteiger partial charge in [0, 0.05) is 25.4 Å². The monoisotopic (exact) mass is 684 g/mol. The van der Waals surface area contributed by atoms with Crippen molar-refractivity contribution in [2.24, 2.45) is 5.92 Å². The zero-order valence-electron chi connectivity index (χ0n) is 28.9. The zero-order valence-corrected chi connectivity index (χ0v) is 28.9. The smallest absolute Gasteiger partial charge is 0.410 e. The molecule has 3 heterocycles. The van der Waals surface area contributed by atoms with Crippen LogP contribution < -0.4 is 20.1 Å². The Balaban J connectivity index is 1.36. The SMILES string of the molecule is COc1cc2c(cc1OC)CN(C(=O)O[C@@H]1C[C@H]3C(=O)N[C@]4(C(=O)O)C[C@H]4/C=C/CCCCC[C@H](NC(=O)OC(C)(C)C)C(=O)N3C1)CC2. The van der Waals surface area contributed by atoms with Crippen LogP contribution in [0.25, 0.3) is 0 Å². The highest BCUT2D eigenvalue weighted by Crippen LogP contribution is 2.45. The fourth-order valence-corrected chi connectivity index (χ4v) is 6.85. The lowest BCUT2D eigenvalue weighted by Crippen LogP contribution is -2.56. The number of carbonyl (C=O) groups is 5. The molecule has 1 aromatic rings. The minimum Gasteiger partial charge on any atom is -0.493 e. The van der Waals surface area contributed by atoms with Crippen molar-refractivity contribution in [3.63, 3.8) is 0 Å². The third kappa shape index (κ3) is 8.22. The second-order valence-corrected chi connectivity index (χ2v) is 14.2. The first-order chi connectivity index (χ1) is 23.2. The van der Waals surface area contributed by atoms with Gasteiger partial charge in [-0.25, -0.2) is 14.4 Å². The molecule has 0 radical (unpaired) electrons. The molecule has 268 valence electrons. The Kier molecular flexibility index (Phi) is 10.6. The Morgan fingerprint density at radius 3 is 2.43 bits per heavy atom. The molecule has 14 heteroatoms. The first kappa shape index (κ1) is 35.8. The summed E-state index contributed by atoms with van der Waals surface area (Å²) in [5.74, 6) is -1.55. The summed E-state index contributed by atoms with van der Waals surface area (Å²) in [5, 5.41) is 15.5. The Labute approximate surface area is 286 Å². The highest BCUT2D eigenvalue weighted by molar-refractivity contribution is 5.96. The number of carbonyl (C=O) groups excluding carboxylic acids is 4. The molecule has 5 rings (SSSR count). The number of benzene rings is 1. The number of fused-ring (bicyclic) bond motifs is 3. The van der Waals surface area contributed by atoms with Crippen LogP contribution in [-0.2, 0) is 36.8 Å². The van der Waals surface area contributed by atoms with Crippen molar-refractivity contribution < 1.29 is 48.0 Å². The maximum absolute atomic E-state index is 14.2. The van der Waals surface area contributed by atoms with Crippen molar-refractivity contribution in [2.75, 3.05) is 27.3 Å². The largest absolute Gasteiger partial charge is 0.493 e. The van der Waals surface area contributed by atoms with E-state index in [9.17, 15) is 29.1 Å². The van der Waals surface area contributed by atoms with E-state index in [0.29, 0.717) is 37.3 Å². The molecule has 3 aliphatic heterocycles. The number of hydrogen-bond acceptors (Lipinski definition) is 9. The minimum atomic E-state index is -1.48. The van der Waals surface area contributed by atoms with Crippen molar-refractivity contribution in [2.45, 2.75) is 108 Å². The number of nitrogens with zero attached hydrogens (tertiary/aromatic N) is 2. The number of rotatable bonds is 5. The minimum absolute atomic E-state index is 0.0336.